The van der Waals surface area contributed by atoms with Crippen molar-refractivity contribution >= 4 is 32.8 Å². The second-order valence-corrected chi connectivity index (χ2v) is 10.7. The van der Waals surface area contributed by atoms with Crippen LogP contribution in [0.5, 0.6) is 0 Å². The molecule has 0 atom stereocenters. The lowest BCUT2D eigenvalue weighted by Crippen LogP contribution is -2.30. The Balaban J connectivity index is 1.98. The lowest BCUT2D eigenvalue weighted by atomic mass is 10.1. The van der Waals surface area contributed by atoms with E-state index in [4.69, 9.17) is 4.98 Å². The molecule has 0 aliphatic carbocycles. The fourth-order valence-corrected chi connectivity index (χ4v) is 6.14. The zero-order chi connectivity index (χ0) is 22.1. The summed E-state index contributed by atoms with van der Waals surface area (Å²) in [6.45, 7) is 13.1. The Labute approximate surface area is 184 Å². The summed E-state index contributed by atoms with van der Waals surface area (Å²) in [5.74, 6) is 0.821. The number of imidazole rings is 1. The fourth-order valence-electron chi connectivity index (χ4n) is 3.57. The van der Waals surface area contributed by atoms with Crippen LogP contribution in [0, 0.1) is 13.8 Å². The predicted molar refractivity (Wildman–Crippen MR) is 126 cm³/mol. The summed E-state index contributed by atoms with van der Waals surface area (Å²) >= 11 is 1.69. The number of benzene rings is 2. The summed E-state index contributed by atoms with van der Waals surface area (Å²) in [5, 5.41) is 0.913. The Morgan fingerprint density at radius 2 is 1.73 bits per heavy atom. The number of aryl methyl sites for hydroxylation is 2. The summed E-state index contributed by atoms with van der Waals surface area (Å²) in [5.41, 5.74) is 5.53. The van der Waals surface area contributed by atoms with Crippen molar-refractivity contribution in [3.8, 4) is 0 Å². The van der Waals surface area contributed by atoms with Crippen LogP contribution in [-0.4, -0.2) is 35.4 Å². The molecule has 2 aromatic carbocycles. The molecule has 7 heteroatoms. The molecule has 3 rings (SSSR count). The van der Waals surface area contributed by atoms with Crippen molar-refractivity contribution in [1.82, 2.24) is 13.9 Å². The number of sulfonamides is 1. The first-order valence-corrected chi connectivity index (χ1v) is 12.8. The lowest BCUT2D eigenvalue weighted by Gasteiger charge is -2.18. The highest BCUT2D eigenvalue weighted by molar-refractivity contribution is 7.98. The summed E-state index contributed by atoms with van der Waals surface area (Å²) in [4.78, 5) is 5.12. The third-order valence-corrected chi connectivity index (χ3v) is 8.50. The topological polar surface area (TPSA) is 55.2 Å². The van der Waals surface area contributed by atoms with Crippen molar-refractivity contribution in [2.45, 2.75) is 63.4 Å². The molecule has 5 nitrogen and oxygen atoms in total. The standard InChI is InChI=1S/C23H31N3O2S2/c1-7-25(8-2)30(27,28)20-11-12-22-21(14-20)24-23(26(22)16(3)4)29-15-19-10-9-17(5)18(6)13-19/h9-14,16H,7-8,15H2,1-6H3. The fraction of sp³-hybridized carbons (Fsp3) is 0.435. The number of hydrogen-bond acceptors (Lipinski definition) is 4. The Morgan fingerprint density at radius 3 is 2.33 bits per heavy atom. The normalized spacial score (nSPS) is 12.4. The van der Waals surface area contributed by atoms with Crippen LogP contribution in [0.25, 0.3) is 11.0 Å². The molecule has 0 unspecified atom stereocenters. The highest BCUT2D eigenvalue weighted by Crippen LogP contribution is 2.31. The Morgan fingerprint density at radius 1 is 1.03 bits per heavy atom. The third-order valence-electron chi connectivity index (χ3n) is 5.43. The first-order valence-electron chi connectivity index (χ1n) is 10.4. The van der Waals surface area contributed by atoms with E-state index >= 15 is 0 Å². The predicted octanol–water partition coefficient (Wildman–Crippen LogP) is 5.56. The van der Waals surface area contributed by atoms with Crippen LogP contribution in [0.2, 0.25) is 0 Å². The molecule has 0 radical (unpaired) electrons. The summed E-state index contributed by atoms with van der Waals surface area (Å²) in [6.07, 6.45) is 0. The molecule has 1 aromatic heterocycles. The highest BCUT2D eigenvalue weighted by Gasteiger charge is 2.23. The second-order valence-electron chi connectivity index (χ2n) is 7.81. The van der Waals surface area contributed by atoms with Crippen molar-refractivity contribution in [2.75, 3.05) is 13.1 Å². The molecule has 1 heterocycles. The van der Waals surface area contributed by atoms with E-state index in [0.29, 0.717) is 18.0 Å². The van der Waals surface area contributed by atoms with Crippen LogP contribution >= 0.6 is 11.8 Å². The number of hydrogen-bond donors (Lipinski definition) is 0. The maximum atomic E-state index is 12.9. The van der Waals surface area contributed by atoms with E-state index in [-0.39, 0.29) is 6.04 Å². The monoisotopic (exact) mass is 445 g/mol. The van der Waals surface area contributed by atoms with Crippen LogP contribution in [0.15, 0.2) is 46.5 Å². The van der Waals surface area contributed by atoms with Gasteiger partial charge in [-0.25, -0.2) is 13.4 Å². The Kier molecular flexibility index (Phi) is 6.95. The molecule has 3 aromatic rings. The molecule has 162 valence electrons. The van der Waals surface area contributed by atoms with E-state index in [1.54, 1.807) is 23.9 Å². The molecular formula is C23H31N3O2S2. The maximum Gasteiger partial charge on any atom is 0.243 e. The largest absolute Gasteiger partial charge is 0.316 e. The molecule has 0 saturated heterocycles. The van der Waals surface area contributed by atoms with Gasteiger partial charge in [0.2, 0.25) is 10.0 Å². The Hall–Kier alpha value is -1.83. The van der Waals surface area contributed by atoms with Gasteiger partial charge in [-0.2, -0.15) is 4.31 Å². The minimum atomic E-state index is -3.50. The first-order chi connectivity index (χ1) is 14.2. The minimum absolute atomic E-state index is 0.225. The van der Waals surface area contributed by atoms with E-state index in [0.717, 1.165) is 21.9 Å². The summed E-state index contributed by atoms with van der Waals surface area (Å²) < 4.78 is 29.5. The van der Waals surface area contributed by atoms with Gasteiger partial charge in [0.05, 0.1) is 15.9 Å². The highest BCUT2D eigenvalue weighted by atomic mass is 32.2. The molecule has 0 N–H and O–H groups in total. The van der Waals surface area contributed by atoms with Crippen molar-refractivity contribution in [1.29, 1.82) is 0 Å². The average molecular weight is 446 g/mol. The van der Waals surface area contributed by atoms with Crippen molar-refractivity contribution < 1.29 is 8.42 Å². The van der Waals surface area contributed by atoms with Crippen LogP contribution in [0.3, 0.4) is 0 Å². The van der Waals surface area contributed by atoms with Gasteiger partial charge >= 0.3 is 0 Å². The van der Waals surface area contributed by atoms with Crippen molar-refractivity contribution in [2.24, 2.45) is 0 Å². The molecule has 0 aliphatic rings. The van der Waals surface area contributed by atoms with Gasteiger partial charge in [0.15, 0.2) is 5.16 Å². The van der Waals surface area contributed by atoms with E-state index in [1.165, 1.54) is 21.0 Å². The molecular weight excluding hydrogens is 414 g/mol. The molecule has 0 spiro atoms. The van der Waals surface area contributed by atoms with Gasteiger partial charge in [0, 0.05) is 24.9 Å². The SMILES string of the molecule is CCN(CC)S(=O)(=O)c1ccc2c(c1)nc(SCc1ccc(C)c(C)c1)n2C(C)C. The van der Waals surface area contributed by atoms with Gasteiger partial charge in [-0.3, -0.25) is 0 Å². The van der Waals surface area contributed by atoms with Crippen LogP contribution < -0.4 is 0 Å². The number of nitrogens with zero attached hydrogens (tertiary/aromatic N) is 3. The van der Waals surface area contributed by atoms with Gasteiger partial charge in [-0.05, 0) is 62.6 Å². The van der Waals surface area contributed by atoms with Gasteiger partial charge in [0.1, 0.15) is 0 Å². The van der Waals surface area contributed by atoms with E-state index in [9.17, 15) is 8.42 Å². The number of thioether (sulfide) groups is 1. The smallest absolute Gasteiger partial charge is 0.243 e. The van der Waals surface area contributed by atoms with E-state index < -0.39 is 10.0 Å². The van der Waals surface area contributed by atoms with Gasteiger partial charge in [-0.15, -0.1) is 0 Å². The maximum absolute atomic E-state index is 12.9. The Bertz CT molecular complexity index is 1150. The van der Waals surface area contributed by atoms with Crippen LogP contribution in [0.1, 0.15) is 50.4 Å². The molecule has 0 bridgehead atoms. The second kappa shape index (κ2) is 9.12. The lowest BCUT2D eigenvalue weighted by molar-refractivity contribution is 0.445. The first kappa shape index (κ1) is 22.8. The van der Waals surface area contributed by atoms with Gasteiger partial charge in [0.25, 0.3) is 0 Å². The molecule has 0 fully saturated rings. The number of rotatable bonds is 8. The molecule has 0 aliphatic heterocycles. The third kappa shape index (κ3) is 4.43. The van der Waals surface area contributed by atoms with Crippen LogP contribution in [-0.2, 0) is 15.8 Å². The number of fused-ring (bicyclic) bond motifs is 1. The summed E-state index contributed by atoms with van der Waals surface area (Å²) in [6, 6.07) is 12.1. The van der Waals surface area contributed by atoms with Crippen molar-refractivity contribution in [3.05, 3.63) is 53.1 Å². The van der Waals surface area contributed by atoms with E-state index in [2.05, 4.69) is 50.5 Å². The molecule has 0 amide bonds. The molecule has 30 heavy (non-hydrogen) atoms. The van der Waals surface area contributed by atoms with Gasteiger partial charge in [-0.1, -0.05) is 43.8 Å². The van der Waals surface area contributed by atoms with Crippen LogP contribution in [0.4, 0.5) is 0 Å². The number of aromatic nitrogens is 2. The quantitative estimate of drug-likeness (QED) is 0.426. The summed E-state index contributed by atoms with van der Waals surface area (Å²) in [7, 11) is -3.50. The average Bonchev–Trinajstić information content (AvgIpc) is 3.07. The van der Waals surface area contributed by atoms with Crippen molar-refractivity contribution in [3.63, 3.8) is 0 Å². The zero-order valence-corrected chi connectivity index (χ0v) is 20.3. The van der Waals surface area contributed by atoms with Gasteiger partial charge < -0.3 is 4.57 Å². The molecule has 0 saturated carbocycles. The zero-order valence-electron chi connectivity index (χ0n) is 18.6. The van der Waals surface area contributed by atoms with E-state index in [1.807, 2.05) is 19.9 Å². The minimum Gasteiger partial charge on any atom is -0.316 e.